The molecule has 0 bridgehead atoms. The quantitative estimate of drug-likeness (QED) is 0.328. The molecule has 2 amide bonds. The van der Waals surface area contributed by atoms with Crippen LogP contribution in [0.5, 0.6) is 0 Å². The Bertz CT molecular complexity index is 1560. The topological polar surface area (TPSA) is 110 Å². The zero-order valence-electron chi connectivity index (χ0n) is 26.3. The standard InChI is InChI=1S/C34H44N6O3/c1-7-34(12-13-34)33(43)38-29-18-25(24-8-9-30(35-19-24)40-14-10-26(11-15-40)39(5)6)17-27(23(29)4)31(41)36-20-28-21(2)16-22(3)37-32(28)42/h8-9,16-19,26H,7,10-15,20H2,1-6H3,(H,36,41)(H,37,42)(H,38,43). The minimum atomic E-state index is -0.321. The molecule has 1 aromatic carbocycles. The third-order valence-corrected chi connectivity index (χ3v) is 9.43. The Hall–Kier alpha value is -3.98. The van der Waals surface area contributed by atoms with Gasteiger partial charge in [0.2, 0.25) is 5.91 Å². The van der Waals surface area contributed by atoms with Gasteiger partial charge in [0.1, 0.15) is 5.82 Å². The van der Waals surface area contributed by atoms with Gasteiger partial charge in [-0.15, -0.1) is 0 Å². The molecule has 1 saturated heterocycles. The normalized spacial score (nSPS) is 16.3. The van der Waals surface area contributed by atoms with E-state index in [2.05, 4.69) is 39.5 Å². The molecule has 3 aromatic rings. The van der Waals surface area contributed by atoms with Crippen LogP contribution in [0.15, 0.2) is 41.3 Å². The number of pyridine rings is 2. The molecule has 0 atom stereocenters. The largest absolute Gasteiger partial charge is 0.357 e. The highest BCUT2D eigenvalue weighted by atomic mass is 16.2. The fourth-order valence-corrected chi connectivity index (χ4v) is 6.11. The summed E-state index contributed by atoms with van der Waals surface area (Å²) in [5.41, 5.74) is 5.00. The molecule has 0 spiro atoms. The number of carbonyl (C=O) groups excluding carboxylic acids is 2. The number of aromatic nitrogens is 2. The molecular formula is C34H44N6O3. The van der Waals surface area contributed by atoms with E-state index in [9.17, 15) is 14.4 Å². The number of rotatable bonds is 9. The highest BCUT2D eigenvalue weighted by Crippen LogP contribution is 2.49. The molecule has 1 aliphatic carbocycles. The van der Waals surface area contributed by atoms with E-state index in [1.54, 1.807) is 0 Å². The van der Waals surface area contributed by atoms with E-state index >= 15 is 0 Å². The number of aromatic amines is 1. The van der Waals surface area contributed by atoms with Crippen LogP contribution in [0, 0.1) is 26.2 Å². The summed E-state index contributed by atoms with van der Waals surface area (Å²) in [4.78, 5) is 51.6. The summed E-state index contributed by atoms with van der Waals surface area (Å²) in [6.07, 6.45) is 6.58. The van der Waals surface area contributed by atoms with Crippen LogP contribution in [-0.4, -0.2) is 59.9 Å². The van der Waals surface area contributed by atoms with E-state index in [0.717, 1.165) is 73.4 Å². The highest BCUT2D eigenvalue weighted by molar-refractivity contribution is 6.03. The molecule has 1 aliphatic heterocycles. The van der Waals surface area contributed by atoms with Gasteiger partial charge in [0.05, 0.1) is 0 Å². The van der Waals surface area contributed by atoms with Crippen LogP contribution < -0.4 is 21.1 Å². The minimum absolute atomic E-state index is 0.00183. The maximum Gasteiger partial charge on any atom is 0.253 e. The lowest BCUT2D eigenvalue weighted by molar-refractivity contribution is -0.121. The molecule has 3 heterocycles. The van der Waals surface area contributed by atoms with Crippen LogP contribution in [0.4, 0.5) is 11.5 Å². The van der Waals surface area contributed by atoms with Crippen LogP contribution >= 0.6 is 0 Å². The van der Waals surface area contributed by atoms with Gasteiger partial charge in [-0.1, -0.05) is 6.92 Å². The van der Waals surface area contributed by atoms with E-state index in [4.69, 9.17) is 4.98 Å². The van der Waals surface area contributed by atoms with Crippen molar-refractivity contribution < 1.29 is 9.59 Å². The number of benzene rings is 1. The van der Waals surface area contributed by atoms with Crippen molar-refractivity contribution in [3.05, 3.63) is 74.8 Å². The van der Waals surface area contributed by atoms with Crippen LogP contribution in [0.1, 0.15) is 71.8 Å². The predicted molar refractivity (Wildman–Crippen MR) is 172 cm³/mol. The summed E-state index contributed by atoms with van der Waals surface area (Å²) in [5.74, 6) is 0.633. The molecule has 5 rings (SSSR count). The SMILES string of the molecule is CCC1(C(=O)Nc2cc(-c3ccc(N4CCC(N(C)C)CC4)nc3)cc(C(=O)NCc3c(C)cc(C)[nH]c3=O)c2C)CC1. The summed E-state index contributed by atoms with van der Waals surface area (Å²) < 4.78 is 0. The maximum absolute atomic E-state index is 13.6. The van der Waals surface area contributed by atoms with Gasteiger partial charge >= 0.3 is 0 Å². The van der Waals surface area contributed by atoms with Crippen molar-refractivity contribution in [2.45, 2.75) is 72.4 Å². The molecule has 228 valence electrons. The zero-order valence-corrected chi connectivity index (χ0v) is 26.3. The highest BCUT2D eigenvalue weighted by Gasteiger charge is 2.48. The fourth-order valence-electron chi connectivity index (χ4n) is 6.11. The molecule has 2 fully saturated rings. The van der Waals surface area contributed by atoms with Crippen molar-refractivity contribution in [1.29, 1.82) is 0 Å². The maximum atomic E-state index is 13.6. The molecule has 2 aromatic heterocycles. The van der Waals surface area contributed by atoms with Crippen LogP contribution in [0.3, 0.4) is 0 Å². The second-order valence-electron chi connectivity index (χ2n) is 12.5. The second-order valence-corrected chi connectivity index (χ2v) is 12.5. The first-order valence-corrected chi connectivity index (χ1v) is 15.3. The summed E-state index contributed by atoms with van der Waals surface area (Å²) >= 11 is 0. The Kier molecular flexibility index (Phi) is 8.74. The Balaban J connectivity index is 1.42. The number of piperidine rings is 1. The Morgan fingerprint density at radius 3 is 2.37 bits per heavy atom. The molecule has 0 unspecified atom stereocenters. The van der Waals surface area contributed by atoms with E-state index in [-0.39, 0.29) is 29.3 Å². The van der Waals surface area contributed by atoms with Crippen LogP contribution in [0.2, 0.25) is 0 Å². The zero-order chi connectivity index (χ0) is 30.9. The number of amides is 2. The molecule has 1 saturated carbocycles. The first-order valence-electron chi connectivity index (χ1n) is 15.3. The molecule has 43 heavy (non-hydrogen) atoms. The summed E-state index contributed by atoms with van der Waals surface area (Å²) in [7, 11) is 4.27. The monoisotopic (exact) mass is 584 g/mol. The predicted octanol–water partition coefficient (Wildman–Crippen LogP) is 4.95. The third kappa shape index (κ3) is 6.51. The van der Waals surface area contributed by atoms with E-state index in [1.807, 2.05) is 64.2 Å². The number of carbonyl (C=O) groups is 2. The molecule has 2 aliphatic rings. The lowest BCUT2D eigenvalue weighted by atomic mass is 9.96. The van der Waals surface area contributed by atoms with Crippen LogP contribution in [0.25, 0.3) is 11.1 Å². The van der Waals surface area contributed by atoms with Crippen molar-refractivity contribution in [3.63, 3.8) is 0 Å². The van der Waals surface area contributed by atoms with Gasteiger partial charge < -0.3 is 25.4 Å². The van der Waals surface area contributed by atoms with Gasteiger partial charge in [0.25, 0.3) is 11.5 Å². The number of nitrogens with one attached hydrogen (secondary N) is 3. The van der Waals surface area contributed by atoms with Crippen molar-refractivity contribution in [1.82, 2.24) is 20.2 Å². The molecule has 0 radical (unpaired) electrons. The Morgan fingerprint density at radius 2 is 1.79 bits per heavy atom. The summed E-state index contributed by atoms with van der Waals surface area (Å²) in [6.45, 7) is 9.62. The van der Waals surface area contributed by atoms with E-state index < -0.39 is 0 Å². The van der Waals surface area contributed by atoms with Gasteiger partial charge in [0, 0.05) is 65.4 Å². The van der Waals surface area contributed by atoms with E-state index in [0.29, 0.717) is 28.4 Å². The first kappa shape index (κ1) is 30.5. The van der Waals surface area contributed by atoms with E-state index in [1.165, 1.54) is 0 Å². The average Bonchev–Trinajstić information content (AvgIpc) is 3.79. The van der Waals surface area contributed by atoms with Crippen molar-refractivity contribution in [2.75, 3.05) is 37.4 Å². The molecular weight excluding hydrogens is 540 g/mol. The Labute approximate surface area is 254 Å². The summed E-state index contributed by atoms with van der Waals surface area (Å²) in [5, 5.41) is 6.07. The average molecular weight is 585 g/mol. The smallest absolute Gasteiger partial charge is 0.253 e. The molecule has 9 heteroatoms. The van der Waals surface area contributed by atoms with Crippen LogP contribution in [-0.2, 0) is 11.3 Å². The molecule has 9 nitrogen and oxygen atoms in total. The lowest BCUT2D eigenvalue weighted by Crippen LogP contribution is -2.42. The molecule has 3 N–H and O–H groups in total. The third-order valence-electron chi connectivity index (χ3n) is 9.43. The number of nitrogens with zero attached hydrogens (tertiary/aromatic N) is 3. The Morgan fingerprint density at radius 1 is 1.07 bits per heavy atom. The number of hydrogen-bond acceptors (Lipinski definition) is 6. The van der Waals surface area contributed by atoms with Gasteiger partial charge in [0.15, 0.2) is 0 Å². The lowest BCUT2D eigenvalue weighted by Gasteiger charge is -2.35. The number of aryl methyl sites for hydroxylation is 2. The van der Waals surface area contributed by atoms with Gasteiger partial charge in [-0.2, -0.15) is 0 Å². The second kappa shape index (κ2) is 12.3. The van der Waals surface area contributed by atoms with Gasteiger partial charge in [-0.3, -0.25) is 14.4 Å². The minimum Gasteiger partial charge on any atom is -0.357 e. The fraction of sp³-hybridized carbons (Fsp3) is 0.471. The summed E-state index contributed by atoms with van der Waals surface area (Å²) in [6, 6.07) is 10.3. The van der Waals surface area contributed by atoms with Gasteiger partial charge in [-0.05, 0) is 114 Å². The number of H-pyrrole nitrogens is 1. The van der Waals surface area contributed by atoms with Gasteiger partial charge in [-0.25, -0.2) is 4.98 Å². The number of hydrogen-bond donors (Lipinski definition) is 3. The number of anilines is 2. The van der Waals surface area contributed by atoms with Crippen molar-refractivity contribution >= 4 is 23.3 Å². The first-order chi connectivity index (χ1) is 20.5. The van der Waals surface area contributed by atoms with Crippen molar-refractivity contribution in [3.8, 4) is 11.1 Å². The van der Waals surface area contributed by atoms with Crippen molar-refractivity contribution in [2.24, 2.45) is 5.41 Å².